The van der Waals surface area contributed by atoms with Crippen molar-refractivity contribution in [2.75, 3.05) is 0 Å². The minimum Gasteiger partial charge on any atom is -0.237 e. The average Bonchev–Trinajstić information content (AvgIpc) is 3.10. The molecule has 234 valence electrons. The van der Waals surface area contributed by atoms with E-state index in [-0.39, 0.29) is 5.41 Å². The molecule has 0 bridgehead atoms. The van der Waals surface area contributed by atoms with Gasteiger partial charge < -0.3 is 0 Å². The molecule has 6 heteroatoms. The molecule has 0 radical (unpaired) electrons. The van der Waals surface area contributed by atoms with Crippen molar-refractivity contribution in [3.8, 4) is 22.5 Å². The first-order valence-electron chi connectivity index (χ1n) is 16.3. The fourth-order valence-electron chi connectivity index (χ4n) is 6.52. The number of benzene rings is 5. The van der Waals surface area contributed by atoms with Crippen LogP contribution in [-0.2, 0) is 16.6 Å². The van der Waals surface area contributed by atoms with Gasteiger partial charge in [-0.05, 0) is 70.8 Å². The van der Waals surface area contributed by atoms with Crippen LogP contribution in [0, 0.1) is 0 Å². The van der Waals surface area contributed by atoms with E-state index in [0.29, 0.717) is 17.9 Å². The number of hydrogen-bond donors (Lipinski definition) is 1. The predicted octanol–water partition coefficient (Wildman–Crippen LogP) is 10.3. The summed E-state index contributed by atoms with van der Waals surface area (Å²) in [5.41, 5.74) is 6.38. The molecule has 0 fully saturated rings. The van der Waals surface area contributed by atoms with Crippen LogP contribution in [0.2, 0.25) is 0 Å². The van der Waals surface area contributed by atoms with E-state index in [2.05, 4.69) is 124 Å². The highest BCUT2D eigenvalue weighted by molar-refractivity contribution is 7.81. The van der Waals surface area contributed by atoms with Gasteiger partial charge in [0, 0.05) is 33.5 Å². The van der Waals surface area contributed by atoms with Gasteiger partial charge in [0.15, 0.2) is 5.65 Å². The second-order valence-corrected chi connectivity index (χ2v) is 14.8. The predicted molar refractivity (Wildman–Crippen MR) is 201 cm³/mol. The van der Waals surface area contributed by atoms with E-state index >= 15 is 0 Å². The van der Waals surface area contributed by atoms with Gasteiger partial charge in [-0.15, -0.1) is 0 Å². The molecule has 1 unspecified atom stereocenters. The van der Waals surface area contributed by atoms with Gasteiger partial charge in [0.05, 0.1) is 21.7 Å². The molecule has 0 aliphatic rings. The Hall–Kier alpha value is -5.20. The monoisotopic (exact) mass is 641 g/mol. The molecule has 5 nitrogen and oxygen atoms in total. The fraction of sp³-hybridized carbons (Fsp3) is 0.167. The van der Waals surface area contributed by atoms with Crippen molar-refractivity contribution in [3.63, 3.8) is 0 Å². The van der Waals surface area contributed by atoms with E-state index in [1.54, 1.807) is 6.20 Å². The summed E-state index contributed by atoms with van der Waals surface area (Å²) in [6, 6.07) is 40.3. The maximum Gasteiger partial charge on any atom is 0.163 e. The Morgan fingerprint density at radius 1 is 0.542 bits per heavy atom. The molecule has 3 heterocycles. The van der Waals surface area contributed by atoms with Crippen LogP contribution in [0.4, 0.5) is 0 Å². The summed E-state index contributed by atoms with van der Waals surface area (Å²) in [6.07, 6.45) is 2.41. The first kappa shape index (κ1) is 30.2. The number of pyridine rings is 1. The van der Waals surface area contributed by atoms with Crippen LogP contribution in [-0.4, -0.2) is 24.9 Å². The second kappa shape index (κ2) is 11.5. The van der Waals surface area contributed by atoms with Crippen molar-refractivity contribution < 1.29 is 0 Å². The molecular weight excluding hydrogens is 607 g/mol. The molecule has 48 heavy (non-hydrogen) atoms. The van der Waals surface area contributed by atoms with Gasteiger partial charge in [-0.1, -0.05) is 106 Å². The van der Waals surface area contributed by atoms with Gasteiger partial charge in [-0.25, -0.2) is 24.9 Å². The minimum atomic E-state index is -0.656. The van der Waals surface area contributed by atoms with Crippen molar-refractivity contribution in [1.29, 1.82) is 0 Å². The number of thiol groups is 1. The maximum absolute atomic E-state index is 5.25. The van der Waals surface area contributed by atoms with Gasteiger partial charge >= 0.3 is 0 Å². The van der Waals surface area contributed by atoms with E-state index in [4.69, 9.17) is 32.6 Å². The first-order chi connectivity index (χ1) is 23.1. The summed E-state index contributed by atoms with van der Waals surface area (Å²) in [4.78, 5) is 24.8. The molecule has 8 rings (SSSR count). The molecule has 0 saturated carbocycles. The zero-order valence-electron chi connectivity index (χ0n) is 27.4. The smallest absolute Gasteiger partial charge is 0.163 e. The van der Waals surface area contributed by atoms with Crippen LogP contribution in [0.25, 0.3) is 66.0 Å². The Kier molecular flexibility index (Phi) is 7.22. The zero-order chi connectivity index (χ0) is 33.0. The number of hydrogen-bond acceptors (Lipinski definition) is 6. The summed E-state index contributed by atoms with van der Waals surface area (Å²) in [7, 11) is 0. The summed E-state index contributed by atoms with van der Waals surface area (Å²) >= 11 is 5.25. The third-order valence-electron chi connectivity index (χ3n) is 8.99. The number of rotatable bonds is 5. The standard InChI is InChI=1S/C42H35N5S/c1-41(2,3)39-45-37(34-16-10-22-43-38(34)47-39)29-13-9-11-26(23-29)25-42(4,48)40-44-35-17-8-7-15-33(35)36(46-40)30-20-21-32-28(24-30)19-18-27-12-5-6-14-31(27)32/h5-24,48H,25H2,1-4H3. The third kappa shape index (κ3) is 5.46. The van der Waals surface area contributed by atoms with E-state index in [0.717, 1.165) is 50.2 Å². The van der Waals surface area contributed by atoms with E-state index < -0.39 is 4.75 Å². The highest BCUT2D eigenvalue weighted by Gasteiger charge is 2.28. The molecular formula is C42H35N5S. The molecule has 0 saturated heterocycles. The fourth-order valence-corrected chi connectivity index (χ4v) is 6.80. The third-order valence-corrected chi connectivity index (χ3v) is 9.35. The van der Waals surface area contributed by atoms with Gasteiger partial charge in [0.1, 0.15) is 11.6 Å². The normalized spacial score (nSPS) is 13.4. The SMILES string of the molecule is CC(C)(C)c1nc(-c2cccc(CC(C)(S)c3nc(-c4ccc5c(ccc6ccccc65)c4)c4ccccc4n3)c2)c2cccnc2n1. The molecule has 0 amide bonds. The highest BCUT2D eigenvalue weighted by atomic mass is 32.1. The van der Waals surface area contributed by atoms with Crippen LogP contribution in [0.5, 0.6) is 0 Å². The lowest BCUT2D eigenvalue weighted by molar-refractivity contribution is 0.548. The number of para-hydroxylation sites is 1. The average molecular weight is 642 g/mol. The summed E-state index contributed by atoms with van der Waals surface area (Å²) in [6.45, 7) is 8.48. The molecule has 0 spiro atoms. The molecule has 8 aromatic rings. The summed E-state index contributed by atoms with van der Waals surface area (Å²) < 4.78 is -0.656. The first-order valence-corrected chi connectivity index (χ1v) is 16.7. The Bertz CT molecular complexity index is 2510. The van der Waals surface area contributed by atoms with Crippen LogP contribution in [0.3, 0.4) is 0 Å². The summed E-state index contributed by atoms with van der Waals surface area (Å²) in [5.74, 6) is 1.46. The lowest BCUT2D eigenvalue weighted by atomic mass is 9.94. The second-order valence-electron chi connectivity index (χ2n) is 13.8. The van der Waals surface area contributed by atoms with Crippen LogP contribution in [0.15, 0.2) is 121 Å². The van der Waals surface area contributed by atoms with Crippen LogP contribution < -0.4 is 0 Å². The van der Waals surface area contributed by atoms with Crippen molar-refractivity contribution in [2.24, 2.45) is 0 Å². The Labute approximate surface area is 285 Å². The van der Waals surface area contributed by atoms with E-state index in [1.165, 1.54) is 21.5 Å². The lowest BCUT2D eigenvalue weighted by Gasteiger charge is -2.24. The Morgan fingerprint density at radius 3 is 2.08 bits per heavy atom. The Balaban J connectivity index is 1.20. The van der Waals surface area contributed by atoms with Crippen LogP contribution in [0.1, 0.15) is 44.9 Å². The van der Waals surface area contributed by atoms with Crippen LogP contribution >= 0.6 is 12.6 Å². The highest BCUT2D eigenvalue weighted by Crippen LogP contribution is 2.37. The maximum atomic E-state index is 5.25. The number of nitrogens with zero attached hydrogens (tertiary/aromatic N) is 5. The minimum absolute atomic E-state index is 0.217. The van der Waals surface area contributed by atoms with Crippen molar-refractivity contribution >= 4 is 56.1 Å². The molecule has 0 aliphatic heterocycles. The molecule has 3 aromatic heterocycles. The summed E-state index contributed by atoms with van der Waals surface area (Å²) in [5, 5.41) is 6.86. The number of fused-ring (bicyclic) bond motifs is 5. The molecule has 5 aromatic carbocycles. The van der Waals surface area contributed by atoms with E-state index in [9.17, 15) is 0 Å². The number of aromatic nitrogens is 5. The lowest BCUT2D eigenvalue weighted by Crippen LogP contribution is -2.21. The van der Waals surface area contributed by atoms with Gasteiger partial charge in [0.25, 0.3) is 0 Å². The van der Waals surface area contributed by atoms with Gasteiger partial charge in [-0.3, -0.25) is 0 Å². The van der Waals surface area contributed by atoms with Crippen molar-refractivity contribution in [1.82, 2.24) is 24.9 Å². The molecule has 0 aliphatic carbocycles. The van der Waals surface area contributed by atoms with Crippen molar-refractivity contribution in [2.45, 2.75) is 44.3 Å². The topological polar surface area (TPSA) is 64.5 Å². The van der Waals surface area contributed by atoms with Gasteiger partial charge in [-0.2, -0.15) is 12.6 Å². The molecule has 1 atom stereocenters. The molecule has 0 N–H and O–H groups in total. The van der Waals surface area contributed by atoms with E-state index in [1.807, 2.05) is 24.3 Å². The Morgan fingerprint density at radius 2 is 1.23 bits per heavy atom. The largest absolute Gasteiger partial charge is 0.237 e. The van der Waals surface area contributed by atoms with Gasteiger partial charge in [0.2, 0.25) is 0 Å². The zero-order valence-corrected chi connectivity index (χ0v) is 28.3. The quantitative estimate of drug-likeness (QED) is 0.150. The van der Waals surface area contributed by atoms with Crippen molar-refractivity contribution in [3.05, 3.63) is 139 Å².